The van der Waals surface area contributed by atoms with Crippen molar-refractivity contribution in [2.45, 2.75) is 23.2 Å². The highest BCUT2D eigenvalue weighted by Gasteiger charge is 2.51. The summed E-state index contributed by atoms with van der Waals surface area (Å²) in [4.78, 5) is 13.5. The molecule has 1 fully saturated rings. The van der Waals surface area contributed by atoms with Crippen molar-refractivity contribution in [3.63, 3.8) is 0 Å². The zero-order valence-corrected chi connectivity index (χ0v) is 19.6. The fourth-order valence-electron chi connectivity index (χ4n) is 4.16. The summed E-state index contributed by atoms with van der Waals surface area (Å²) in [5.74, 6) is 1.87. The minimum atomic E-state index is -3.53. The minimum Gasteiger partial charge on any atom is -0.496 e. The lowest BCUT2D eigenvalue weighted by molar-refractivity contribution is -0.118. The van der Waals surface area contributed by atoms with Crippen molar-refractivity contribution < 1.29 is 30.3 Å². The predicted molar refractivity (Wildman–Crippen MR) is 131 cm³/mol. The van der Waals surface area contributed by atoms with E-state index in [0.717, 1.165) is 29.5 Å². The zero-order chi connectivity index (χ0) is 23.9. The number of anilines is 1. The van der Waals surface area contributed by atoms with E-state index in [1.165, 1.54) is 19.2 Å². The highest BCUT2D eigenvalue weighted by atomic mass is 32.2. The number of rotatable bonds is 7. The SMILES string of the molecule is CNS(=O)(=O)c1ccc(-c2cc(NC(=O)C3(c4ccc5c(c4)OCO5)CC3)ccc2OC)cc1.[HH].[HH]. The number of nitrogens with one attached hydrogen (secondary N) is 2. The highest BCUT2D eigenvalue weighted by molar-refractivity contribution is 7.89. The normalized spacial score (nSPS) is 15.6. The number of ether oxygens (including phenoxy) is 3. The molecule has 1 aliphatic carbocycles. The summed E-state index contributed by atoms with van der Waals surface area (Å²) >= 11 is 0. The van der Waals surface area contributed by atoms with Crippen LogP contribution in [-0.4, -0.2) is 35.3 Å². The second-order valence-corrected chi connectivity index (χ2v) is 10.1. The Morgan fingerprint density at radius 1 is 1.00 bits per heavy atom. The van der Waals surface area contributed by atoms with Crippen molar-refractivity contribution in [3.05, 3.63) is 66.2 Å². The predicted octanol–water partition coefficient (Wildman–Crippen LogP) is 4.16. The van der Waals surface area contributed by atoms with Gasteiger partial charge < -0.3 is 19.5 Å². The van der Waals surface area contributed by atoms with Gasteiger partial charge >= 0.3 is 0 Å². The van der Waals surface area contributed by atoms with Crippen LogP contribution in [-0.2, 0) is 20.2 Å². The third-order valence-electron chi connectivity index (χ3n) is 6.31. The monoisotopic (exact) mass is 484 g/mol. The van der Waals surface area contributed by atoms with Gasteiger partial charge in [0.1, 0.15) is 5.75 Å². The van der Waals surface area contributed by atoms with Crippen LogP contribution in [0, 0.1) is 0 Å². The fraction of sp³-hybridized carbons (Fsp3) is 0.240. The summed E-state index contributed by atoms with van der Waals surface area (Å²) in [5.41, 5.74) is 2.44. The van der Waals surface area contributed by atoms with Crippen LogP contribution in [0.5, 0.6) is 17.2 Å². The van der Waals surface area contributed by atoms with Crippen LogP contribution in [0.4, 0.5) is 5.69 Å². The molecule has 0 radical (unpaired) electrons. The lowest BCUT2D eigenvalue weighted by Crippen LogP contribution is -2.27. The molecule has 0 unspecified atom stereocenters. The van der Waals surface area contributed by atoms with Crippen LogP contribution in [0.25, 0.3) is 11.1 Å². The molecule has 1 aliphatic heterocycles. The van der Waals surface area contributed by atoms with Crippen LogP contribution in [0.15, 0.2) is 65.6 Å². The van der Waals surface area contributed by atoms with Crippen LogP contribution < -0.4 is 24.2 Å². The van der Waals surface area contributed by atoms with E-state index in [1.807, 2.05) is 24.3 Å². The Balaban J connectivity index is 0.00000180. The van der Waals surface area contributed by atoms with Gasteiger partial charge in [-0.15, -0.1) is 0 Å². The molecule has 0 aromatic heterocycles. The van der Waals surface area contributed by atoms with Crippen molar-refractivity contribution in [3.8, 4) is 28.4 Å². The van der Waals surface area contributed by atoms with Gasteiger partial charge in [0.25, 0.3) is 0 Å². The molecule has 0 bridgehead atoms. The first kappa shape index (κ1) is 22.2. The molecular formula is C25H28N2O6S. The highest BCUT2D eigenvalue weighted by Crippen LogP contribution is 2.51. The molecule has 1 amide bonds. The Hall–Kier alpha value is -3.56. The van der Waals surface area contributed by atoms with E-state index < -0.39 is 15.4 Å². The Morgan fingerprint density at radius 3 is 2.41 bits per heavy atom. The van der Waals surface area contributed by atoms with Crippen molar-refractivity contribution in [2.24, 2.45) is 0 Å². The van der Waals surface area contributed by atoms with Gasteiger partial charge in [0.2, 0.25) is 22.7 Å². The van der Waals surface area contributed by atoms with Crippen molar-refractivity contribution in [1.29, 1.82) is 0 Å². The first-order chi connectivity index (χ1) is 16.4. The van der Waals surface area contributed by atoms with Gasteiger partial charge in [0.05, 0.1) is 17.4 Å². The number of carbonyl (C=O) groups is 1. The maximum absolute atomic E-state index is 13.3. The summed E-state index contributed by atoms with van der Waals surface area (Å²) < 4.78 is 42.7. The molecule has 0 saturated heterocycles. The number of sulfonamides is 1. The fourth-order valence-corrected chi connectivity index (χ4v) is 4.89. The molecule has 0 atom stereocenters. The van der Waals surface area contributed by atoms with Gasteiger partial charge in [-0.1, -0.05) is 18.2 Å². The first-order valence-corrected chi connectivity index (χ1v) is 12.3. The third-order valence-corrected chi connectivity index (χ3v) is 7.74. The molecule has 3 aromatic carbocycles. The van der Waals surface area contributed by atoms with Gasteiger partial charge in [0, 0.05) is 14.1 Å². The second kappa shape index (κ2) is 8.34. The van der Waals surface area contributed by atoms with E-state index in [4.69, 9.17) is 14.2 Å². The Morgan fingerprint density at radius 2 is 1.74 bits per heavy atom. The topological polar surface area (TPSA) is 103 Å². The lowest BCUT2D eigenvalue weighted by atomic mass is 9.94. The maximum Gasteiger partial charge on any atom is 0.240 e. The molecule has 3 aromatic rings. The number of benzene rings is 3. The average molecular weight is 485 g/mol. The Labute approximate surface area is 200 Å². The van der Waals surface area contributed by atoms with E-state index in [1.54, 1.807) is 31.4 Å². The minimum absolute atomic E-state index is 0. The van der Waals surface area contributed by atoms with E-state index in [9.17, 15) is 13.2 Å². The largest absolute Gasteiger partial charge is 0.496 e. The molecule has 8 nitrogen and oxygen atoms in total. The van der Waals surface area contributed by atoms with Gasteiger partial charge in [-0.25, -0.2) is 13.1 Å². The number of hydrogen-bond donors (Lipinski definition) is 2. The van der Waals surface area contributed by atoms with Crippen LogP contribution in [0.3, 0.4) is 0 Å². The lowest BCUT2D eigenvalue weighted by Gasteiger charge is -2.18. The van der Waals surface area contributed by atoms with E-state index in [2.05, 4.69) is 10.0 Å². The summed E-state index contributed by atoms with van der Waals surface area (Å²) in [6.07, 6.45) is 1.51. The number of carbonyl (C=O) groups excluding carboxylic acids is 1. The third kappa shape index (κ3) is 3.86. The molecule has 2 N–H and O–H groups in total. The smallest absolute Gasteiger partial charge is 0.240 e. The Bertz CT molecular complexity index is 1380. The molecule has 1 saturated carbocycles. The quantitative estimate of drug-likeness (QED) is 0.522. The summed E-state index contributed by atoms with van der Waals surface area (Å²) in [6.45, 7) is 0.189. The Kier molecular flexibility index (Phi) is 5.45. The molecular weight excluding hydrogens is 456 g/mol. The van der Waals surface area contributed by atoms with Gasteiger partial charge in [-0.3, -0.25) is 4.79 Å². The summed E-state index contributed by atoms with van der Waals surface area (Å²) in [5, 5.41) is 3.04. The van der Waals surface area contributed by atoms with Crippen LogP contribution >= 0.6 is 0 Å². The standard InChI is InChI=1S/C25H24N2O6S.2H2/c1-26-34(29,30)19-7-3-16(4-8-19)20-14-18(6-10-21(20)31-2)27-24(28)25(11-12-25)17-5-9-22-23(13-17)33-15-32-22;;/h3-10,13-14,26H,11-12,15H2,1-2H3,(H,27,28);2*1H. The van der Waals surface area contributed by atoms with Gasteiger partial charge in [-0.2, -0.15) is 0 Å². The number of fused-ring (bicyclic) bond motifs is 1. The molecule has 0 spiro atoms. The average Bonchev–Trinajstić information content (AvgIpc) is 3.55. The summed E-state index contributed by atoms with van der Waals surface area (Å²) in [6, 6.07) is 17.5. The number of methoxy groups -OCH3 is 1. The first-order valence-electron chi connectivity index (χ1n) is 10.8. The number of hydrogen-bond acceptors (Lipinski definition) is 6. The van der Waals surface area contributed by atoms with E-state index >= 15 is 0 Å². The van der Waals surface area contributed by atoms with E-state index in [0.29, 0.717) is 22.9 Å². The summed E-state index contributed by atoms with van der Waals surface area (Å²) in [7, 11) is -0.597. The molecule has 9 heteroatoms. The second-order valence-electron chi connectivity index (χ2n) is 8.25. The van der Waals surface area contributed by atoms with Gasteiger partial charge in [0.15, 0.2) is 11.5 Å². The number of amides is 1. The van der Waals surface area contributed by atoms with Crippen molar-refractivity contribution in [1.82, 2.24) is 4.72 Å². The molecule has 180 valence electrons. The van der Waals surface area contributed by atoms with Crippen LogP contribution in [0.2, 0.25) is 0 Å². The van der Waals surface area contributed by atoms with Crippen molar-refractivity contribution >= 4 is 21.6 Å². The van der Waals surface area contributed by atoms with Crippen LogP contribution in [0.1, 0.15) is 21.3 Å². The zero-order valence-electron chi connectivity index (χ0n) is 18.8. The molecule has 2 aliphatic rings. The van der Waals surface area contributed by atoms with E-state index in [-0.39, 0.29) is 20.4 Å². The van der Waals surface area contributed by atoms with Gasteiger partial charge in [-0.05, 0) is 73.5 Å². The molecule has 34 heavy (non-hydrogen) atoms. The molecule has 5 rings (SSSR count). The maximum atomic E-state index is 13.3. The molecule has 1 heterocycles. The van der Waals surface area contributed by atoms with Crippen molar-refractivity contribution in [2.75, 3.05) is 26.3 Å².